The standard InChI is InChI=1S/C30H40ClNO8/c1-5-37-21-8-6-18(7-9-21)10-20-11-23(28-27(35)25(34)12-22(16-33)39-28)26(13-24(20)31)38-17-19-14-32(15-19)29(36)40-30(2,3)4/h6-9,11,13,19,22,25,27-28,33-35H,5,10,12,14-17H2,1-4H3/t22?,25?,27-,28?/m1/s1. The first-order valence-electron chi connectivity index (χ1n) is 13.7. The number of rotatable bonds is 9. The van der Waals surface area contributed by atoms with Crippen LogP contribution in [-0.2, 0) is 15.9 Å². The van der Waals surface area contributed by atoms with Gasteiger partial charge in [-0.2, -0.15) is 0 Å². The molecule has 0 radical (unpaired) electrons. The number of halogens is 1. The normalized spacial score (nSPS) is 23.4. The smallest absolute Gasteiger partial charge is 0.410 e. The molecule has 0 aliphatic carbocycles. The Kier molecular flexibility index (Phi) is 9.85. The van der Waals surface area contributed by atoms with Crippen LogP contribution in [0.25, 0.3) is 0 Å². The zero-order valence-corrected chi connectivity index (χ0v) is 24.3. The van der Waals surface area contributed by atoms with E-state index in [0.717, 1.165) is 16.9 Å². The number of benzene rings is 2. The quantitative estimate of drug-likeness (QED) is 0.407. The van der Waals surface area contributed by atoms with Gasteiger partial charge in [-0.1, -0.05) is 23.7 Å². The Morgan fingerprint density at radius 1 is 1.12 bits per heavy atom. The average molecular weight is 578 g/mol. The molecule has 2 aliphatic heterocycles. The van der Waals surface area contributed by atoms with Crippen LogP contribution < -0.4 is 9.47 Å². The van der Waals surface area contributed by atoms with Gasteiger partial charge in [0.2, 0.25) is 0 Å². The van der Waals surface area contributed by atoms with Crippen molar-refractivity contribution in [3.05, 3.63) is 58.1 Å². The molecule has 0 aromatic heterocycles. The van der Waals surface area contributed by atoms with Gasteiger partial charge in [0.15, 0.2) is 0 Å². The van der Waals surface area contributed by atoms with E-state index in [-0.39, 0.29) is 25.0 Å². The van der Waals surface area contributed by atoms with E-state index in [0.29, 0.717) is 49.1 Å². The Morgan fingerprint density at radius 2 is 1.82 bits per heavy atom. The van der Waals surface area contributed by atoms with Crippen LogP contribution >= 0.6 is 11.6 Å². The van der Waals surface area contributed by atoms with Crippen LogP contribution in [0.4, 0.5) is 4.79 Å². The van der Waals surface area contributed by atoms with E-state index in [1.807, 2.05) is 58.0 Å². The van der Waals surface area contributed by atoms with Crippen LogP contribution in [0.5, 0.6) is 11.5 Å². The molecule has 9 nitrogen and oxygen atoms in total. The first-order valence-corrected chi connectivity index (χ1v) is 14.1. The highest BCUT2D eigenvalue weighted by Gasteiger charge is 2.40. The summed E-state index contributed by atoms with van der Waals surface area (Å²) in [5.74, 6) is 1.30. The van der Waals surface area contributed by atoms with Crippen LogP contribution in [0.1, 0.15) is 56.9 Å². The average Bonchev–Trinajstić information content (AvgIpc) is 2.86. The number of carbonyl (C=O) groups is 1. The van der Waals surface area contributed by atoms with Gasteiger partial charge in [-0.25, -0.2) is 4.79 Å². The third-order valence-corrected chi connectivity index (χ3v) is 7.30. The fraction of sp³-hybridized carbons (Fsp3) is 0.567. The number of amides is 1. The van der Waals surface area contributed by atoms with Crippen LogP contribution in [0.15, 0.2) is 36.4 Å². The maximum absolute atomic E-state index is 12.3. The minimum Gasteiger partial charge on any atom is -0.494 e. The van der Waals surface area contributed by atoms with E-state index in [2.05, 4.69) is 0 Å². The third-order valence-electron chi connectivity index (χ3n) is 6.95. The van der Waals surface area contributed by atoms with Gasteiger partial charge in [0.1, 0.15) is 29.3 Å². The first kappa shape index (κ1) is 30.4. The minimum absolute atomic E-state index is 0.0932. The molecule has 10 heteroatoms. The molecule has 2 heterocycles. The second-order valence-corrected chi connectivity index (χ2v) is 11.9. The predicted octanol–water partition coefficient (Wildman–Crippen LogP) is 4.12. The number of ether oxygens (including phenoxy) is 4. The molecule has 0 saturated carbocycles. The van der Waals surface area contributed by atoms with Crippen molar-refractivity contribution in [1.29, 1.82) is 0 Å². The molecule has 220 valence electrons. The van der Waals surface area contributed by atoms with E-state index in [1.54, 1.807) is 11.0 Å². The molecule has 4 rings (SSSR count). The van der Waals surface area contributed by atoms with Gasteiger partial charge < -0.3 is 39.2 Å². The van der Waals surface area contributed by atoms with Gasteiger partial charge >= 0.3 is 6.09 Å². The Balaban J connectivity index is 1.53. The van der Waals surface area contributed by atoms with Gasteiger partial charge in [0.05, 0.1) is 32.0 Å². The van der Waals surface area contributed by atoms with Crippen molar-refractivity contribution >= 4 is 17.7 Å². The molecular weight excluding hydrogens is 538 g/mol. The Bertz CT molecular complexity index is 1150. The summed E-state index contributed by atoms with van der Waals surface area (Å²) in [6.07, 6.45) is -3.55. The SMILES string of the molecule is CCOc1ccc(Cc2cc(C3OC(CO)CC(O)[C@H]3O)c(OCC3CN(C(=O)OC(C)(C)C)C3)cc2Cl)cc1. The van der Waals surface area contributed by atoms with Crippen LogP contribution in [0.2, 0.25) is 5.02 Å². The summed E-state index contributed by atoms with van der Waals surface area (Å²) >= 11 is 6.71. The summed E-state index contributed by atoms with van der Waals surface area (Å²) < 4.78 is 23.2. The lowest BCUT2D eigenvalue weighted by atomic mass is 9.91. The summed E-state index contributed by atoms with van der Waals surface area (Å²) in [6, 6.07) is 11.3. The summed E-state index contributed by atoms with van der Waals surface area (Å²) in [5, 5.41) is 31.6. The van der Waals surface area contributed by atoms with Crippen molar-refractivity contribution in [3.8, 4) is 11.5 Å². The van der Waals surface area contributed by atoms with E-state index >= 15 is 0 Å². The topological polar surface area (TPSA) is 118 Å². The third kappa shape index (κ3) is 7.59. The van der Waals surface area contributed by atoms with Crippen molar-refractivity contribution in [2.45, 2.75) is 70.6 Å². The molecule has 2 aromatic rings. The largest absolute Gasteiger partial charge is 0.494 e. The zero-order valence-electron chi connectivity index (χ0n) is 23.5. The predicted molar refractivity (Wildman–Crippen MR) is 150 cm³/mol. The molecule has 2 saturated heterocycles. The van der Waals surface area contributed by atoms with E-state index in [9.17, 15) is 20.1 Å². The van der Waals surface area contributed by atoms with Crippen LogP contribution in [0, 0.1) is 5.92 Å². The van der Waals surface area contributed by atoms with Gasteiger partial charge in [-0.15, -0.1) is 0 Å². The monoisotopic (exact) mass is 577 g/mol. The molecule has 3 unspecified atom stereocenters. The summed E-state index contributed by atoms with van der Waals surface area (Å²) in [5.41, 5.74) is 1.79. The molecule has 40 heavy (non-hydrogen) atoms. The Morgan fingerprint density at radius 3 is 2.45 bits per heavy atom. The number of nitrogens with zero attached hydrogens (tertiary/aromatic N) is 1. The number of hydrogen-bond acceptors (Lipinski definition) is 8. The van der Waals surface area contributed by atoms with Crippen molar-refractivity contribution < 1.29 is 39.1 Å². The fourth-order valence-electron chi connectivity index (χ4n) is 4.88. The van der Waals surface area contributed by atoms with Gasteiger partial charge in [0.25, 0.3) is 0 Å². The van der Waals surface area contributed by atoms with Gasteiger partial charge in [0, 0.05) is 36.0 Å². The van der Waals surface area contributed by atoms with Crippen LogP contribution in [-0.4, -0.2) is 83.1 Å². The lowest BCUT2D eigenvalue weighted by Gasteiger charge is -2.40. The van der Waals surface area contributed by atoms with Gasteiger partial charge in [-0.3, -0.25) is 0 Å². The number of hydrogen-bond donors (Lipinski definition) is 3. The minimum atomic E-state index is -1.21. The molecule has 0 bridgehead atoms. The lowest BCUT2D eigenvalue weighted by molar-refractivity contribution is -0.180. The van der Waals surface area contributed by atoms with Gasteiger partial charge in [-0.05, 0) is 69.5 Å². The second kappa shape index (κ2) is 13.0. The molecular formula is C30H40ClNO8. The van der Waals surface area contributed by atoms with Crippen molar-refractivity contribution in [3.63, 3.8) is 0 Å². The molecule has 4 atom stereocenters. The van der Waals surface area contributed by atoms with E-state index < -0.39 is 30.0 Å². The Labute approximate surface area is 240 Å². The number of aliphatic hydroxyl groups is 3. The maximum Gasteiger partial charge on any atom is 0.410 e. The van der Waals surface area contributed by atoms with Crippen molar-refractivity contribution in [2.75, 3.05) is 32.9 Å². The highest BCUT2D eigenvalue weighted by Crippen LogP contribution is 2.40. The highest BCUT2D eigenvalue weighted by molar-refractivity contribution is 6.31. The number of aliphatic hydroxyl groups excluding tert-OH is 3. The Hall–Kier alpha value is -2.56. The fourth-order valence-corrected chi connectivity index (χ4v) is 5.10. The number of carbonyl (C=O) groups excluding carboxylic acids is 1. The van der Waals surface area contributed by atoms with E-state index in [1.165, 1.54) is 0 Å². The molecule has 0 spiro atoms. The first-order chi connectivity index (χ1) is 19.0. The zero-order chi connectivity index (χ0) is 29.0. The van der Waals surface area contributed by atoms with Crippen molar-refractivity contribution in [1.82, 2.24) is 4.90 Å². The number of likely N-dealkylation sites (tertiary alicyclic amines) is 1. The highest BCUT2D eigenvalue weighted by atomic mass is 35.5. The van der Waals surface area contributed by atoms with E-state index in [4.69, 9.17) is 30.5 Å². The molecule has 2 fully saturated rings. The molecule has 1 amide bonds. The van der Waals surface area contributed by atoms with Crippen molar-refractivity contribution in [2.24, 2.45) is 5.92 Å². The summed E-state index contributed by atoms with van der Waals surface area (Å²) in [7, 11) is 0. The molecule has 2 aliphatic rings. The molecule has 3 N–H and O–H groups in total. The molecule has 2 aromatic carbocycles. The second-order valence-electron chi connectivity index (χ2n) is 11.5. The van der Waals surface area contributed by atoms with Crippen LogP contribution in [0.3, 0.4) is 0 Å². The lowest BCUT2D eigenvalue weighted by Crippen LogP contribution is -2.53. The maximum atomic E-state index is 12.3. The summed E-state index contributed by atoms with van der Waals surface area (Å²) in [6.45, 7) is 9.04. The summed E-state index contributed by atoms with van der Waals surface area (Å²) in [4.78, 5) is 13.9.